The zero-order valence-corrected chi connectivity index (χ0v) is 18.2. The highest BCUT2D eigenvalue weighted by Gasteiger charge is 2.15. The molecule has 1 aromatic carbocycles. The van der Waals surface area contributed by atoms with Crippen molar-refractivity contribution in [3.05, 3.63) is 78.0 Å². The summed E-state index contributed by atoms with van der Waals surface area (Å²) < 4.78 is 1.78. The van der Waals surface area contributed by atoms with Crippen molar-refractivity contribution in [3.63, 3.8) is 0 Å². The SMILES string of the molecule is CN1CC=C(c2cc(C(=O)Cc3cc4cc(-c5cnn(C)c5)ccc4nn3)ccn2)CC1. The molecule has 7 nitrogen and oxygen atoms in total. The highest BCUT2D eigenvalue weighted by atomic mass is 16.1. The van der Waals surface area contributed by atoms with Crippen LogP contribution < -0.4 is 0 Å². The van der Waals surface area contributed by atoms with Gasteiger partial charge in [-0.15, -0.1) is 0 Å². The zero-order chi connectivity index (χ0) is 22.1. The minimum absolute atomic E-state index is 0.0132. The van der Waals surface area contributed by atoms with Crippen LogP contribution in [0.3, 0.4) is 0 Å². The molecule has 5 rings (SSSR count). The van der Waals surface area contributed by atoms with Gasteiger partial charge in [0.2, 0.25) is 0 Å². The van der Waals surface area contributed by atoms with Crippen molar-refractivity contribution in [1.82, 2.24) is 29.9 Å². The predicted octanol–water partition coefficient (Wildman–Crippen LogP) is 3.57. The van der Waals surface area contributed by atoms with Crippen LogP contribution in [-0.4, -0.2) is 55.8 Å². The summed E-state index contributed by atoms with van der Waals surface area (Å²) in [5, 5.41) is 13.8. The molecular weight excluding hydrogens is 400 g/mol. The number of pyridine rings is 1. The summed E-state index contributed by atoms with van der Waals surface area (Å²) in [5.41, 5.74) is 6.29. The van der Waals surface area contributed by atoms with Crippen molar-refractivity contribution >= 4 is 22.3 Å². The Morgan fingerprint density at radius 3 is 2.75 bits per heavy atom. The van der Waals surface area contributed by atoms with E-state index in [4.69, 9.17) is 0 Å². The average molecular weight is 425 g/mol. The van der Waals surface area contributed by atoms with Gasteiger partial charge in [0.05, 0.1) is 29.5 Å². The lowest BCUT2D eigenvalue weighted by molar-refractivity contribution is 0.0991. The van der Waals surface area contributed by atoms with Gasteiger partial charge in [0.25, 0.3) is 0 Å². The molecule has 1 aliphatic rings. The van der Waals surface area contributed by atoms with Crippen molar-refractivity contribution < 1.29 is 4.79 Å². The molecular formula is C25H24N6O. The van der Waals surface area contributed by atoms with Crippen molar-refractivity contribution in [3.8, 4) is 11.1 Å². The number of likely N-dealkylation sites (N-methyl/N-ethyl adjacent to an activating group) is 1. The smallest absolute Gasteiger partial charge is 0.169 e. The van der Waals surface area contributed by atoms with Gasteiger partial charge in [-0.25, -0.2) is 0 Å². The van der Waals surface area contributed by atoms with Crippen LogP contribution in [0.4, 0.5) is 0 Å². The van der Waals surface area contributed by atoms with Gasteiger partial charge in [-0.3, -0.25) is 14.5 Å². The number of carbonyl (C=O) groups is 1. The fourth-order valence-electron chi connectivity index (χ4n) is 3.97. The van der Waals surface area contributed by atoms with Gasteiger partial charge >= 0.3 is 0 Å². The lowest BCUT2D eigenvalue weighted by atomic mass is 10.0. The first-order valence-corrected chi connectivity index (χ1v) is 10.7. The Balaban J connectivity index is 1.38. The van der Waals surface area contributed by atoms with E-state index in [1.54, 1.807) is 16.9 Å². The Labute approximate surface area is 186 Å². The number of carbonyl (C=O) groups excluding carboxylic acids is 1. The molecule has 0 bridgehead atoms. The molecule has 1 aliphatic heterocycles. The van der Waals surface area contributed by atoms with Gasteiger partial charge in [-0.1, -0.05) is 12.1 Å². The quantitative estimate of drug-likeness (QED) is 0.456. The van der Waals surface area contributed by atoms with Crippen molar-refractivity contribution in [1.29, 1.82) is 0 Å². The topological polar surface area (TPSA) is 76.8 Å². The predicted molar refractivity (Wildman–Crippen MR) is 124 cm³/mol. The molecule has 7 heteroatoms. The number of ketones is 1. The third-order valence-electron chi connectivity index (χ3n) is 5.84. The molecule has 0 radical (unpaired) electrons. The molecule has 32 heavy (non-hydrogen) atoms. The highest BCUT2D eigenvalue weighted by molar-refractivity contribution is 5.98. The summed E-state index contributed by atoms with van der Waals surface area (Å²) in [4.78, 5) is 19.7. The lowest BCUT2D eigenvalue weighted by Gasteiger charge is -2.21. The summed E-state index contributed by atoms with van der Waals surface area (Å²) in [7, 11) is 4.00. The largest absolute Gasteiger partial charge is 0.302 e. The van der Waals surface area contributed by atoms with Gasteiger partial charge in [0.15, 0.2) is 5.78 Å². The normalized spacial score (nSPS) is 14.5. The Morgan fingerprint density at radius 1 is 1.06 bits per heavy atom. The van der Waals surface area contributed by atoms with Gasteiger partial charge in [-0.2, -0.15) is 15.3 Å². The second kappa shape index (κ2) is 8.43. The second-order valence-electron chi connectivity index (χ2n) is 8.28. The van der Waals surface area contributed by atoms with Crippen LogP contribution in [0, 0.1) is 0 Å². The van der Waals surface area contributed by atoms with E-state index < -0.39 is 0 Å². The molecule has 0 N–H and O–H groups in total. The van der Waals surface area contributed by atoms with Crippen molar-refractivity contribution in [2.75, 3.05) is 20.1 Å². The zero-order valence-electron chi connectivity index (χ0n) is 18.2. The number of hydrogen-bond acceptors (Lipinski definition) is 6. The standard InChI is InChI=1S/C25H24N6O/c1-30-9-6-17(7-10-30)24-13-19(5-8-26-24)25(32)14-22-12-20-11-18(3-4-23(20)29-28-22)21-15-27-31(2)16-21/h3-6,8,11-13,15-16H,7,9-10,14H2,1-2H3. The third-order valence-corrected chi connectivity index (χ3v) is 5.84. The molecule has 0 saturated carbocycles. The fraction of sp³-hybridized carbons (Fsp3) is 0.240. The maximum absolute atomic E-state index is 13.0. The minimum Gasteiger partial charge on any atom is -0.302 e. The number of aryl methyl sites for hydroxylation is 1. The van der Waals surface area contributed by atoms with E-state index in [2.05, 4.69) is 44.4 Å². The monoisotopic (exact) mass is 424 g/mol. The van der Waals surface area contributed by atoms with E-state index in [0.717, 1.165) is 47.2 Å². The van der Waals surface area contributed by atoms with E-state index in [-0.39, 0.29) is 12.2 Å². The number of benzene rings is 1. The summed E-state index contributed by atoms with van der Waals surface area (Å²) in [6.45, 7) is 1.91. The van der Waals surface area contributed by atoms with Crippen LogP contribution >= 0.6 is 0 Å². The molecule has 0 amide bonds. The van der Waals surface area contributed by atoms with Gasteiger partial charge in [0.1, 0.15) is 0 Å². The number of fused-ring (bicyclic) bond motifs is 1. The molecule has 0 atom stereocenters. The van der Waals surface area contributed by atoms with Gasteiger partial charge < -0.3 is 4.90 Å². The number of nitrogens with zero attached hydrogens (tertiary/aromatic N) is 6. The van der Waals surface area contributed by atoms with Crippen LogP contribution in [0.15, 0.2) is 61.1 Å². The first kappa shape index (κ1) is 20.2. The fourth-order valence-corrected chi connectivity index (χ4v) is 3.97. The number of aromatic nitrogens is 5. The maximum atomic E-state index is 13.0. The van der Waals surface area contributed by atoms with E-state index in [1.165, 1.54) is 5.57 Å². The Hall–Kier alpha value is -3.71. The molecule has 4 aromatic rings. The number of Topliss-reactive ketones (excluding diaryl/α,β-unsaturated/α-hetero) is 1. The molecule has 0 fully saturated rings. The molecule has 0 aliphatic carbocycles. The second-order valence-corrected chi connectivity index (χ2v) is 8.28. The summed E-state index contributed by atoms with van der Waals surface area (Å²) in [6, 6.07) is 11.6. The number of hydrogen-bond donors (Lipinski definition) is 0. The van der Waals surface area contributed by atoms with Crippen LogP contribution in [0.5, 0.6) is 0 Å². The molecule has 0 spiro atoms. The minimum atomic E-state index is 0.0132. The first-order chi connectivity index (χ1) is 15.5. The average Bonchev–Trinajstić information content (AvgIpc) is 3.25. The van der Waals surface area contributed by atoms with Crippen LogP contribution in [0.25, 0.3) is 27.6 Å². The third kappa shape index (κ3) is 4.20. The number of rotatable bonds is 5. The van der Waals surface area contributed by atoms with Crippen LogP contribution in [0.2, 0.25) is 0 Å². The van der Waals surface area contributed by atoms with Crippen molar-refractivity contribution in [2.45, 2.75) is 12.8 Å². The Kier molecular flexibility index (Phi) is 5.33. The summed E-state index contributed by atoms with van der Waals surface area (Å²) in [5.74, 6) is 0.0132. The molecule has 0 unspecified atom stereocenters. The van der Waals surface area contributed by atoms with Crippen LogP contribution in [-0.2, 0) is 13.5 Å². The van der Waals surface area contributed by atoms with E-state index in [9.17, 15) is 4.79 Å². The molecule has 160 valence electrons. The first-order valence-electron chi connectivity index (χ1n) is 10.7. The Bertz CT molecular complexity index is 1340. The maximum Gasteiger partial charge on any atom is 0.169 e. The highest BCUT2D eigenvalue weighted by Crippen LogP contribution is 2.24. The van der Waals surface area contributed by atoms with Crippen LogP contribution in [0.1, 0.15) is 28.2 Å². The van der Waals surface area contributed by atoms with Gasteiger partial charge in [-0.05, 0) is 54.9 Å². The molecule has 3 aromatic heterocycles. The van der Waals surface area contributed by atoms with E-state index in [1.807, 2.05) is 43.7 Å². The summed E-state index contributed by atoms with van der Waals surface area (Å²) in [6.07, 6.45) is 8.85. The molecule has 0 saturated heterocycles. The van der Waals surface area contributed by atoms with Crippen molar-refractivity contribution in [2.24, 2.45) is 7.05 Å². The van der Waals surface area contributed by atoms with Gasteiger partial charge in [0, 0.05) is 49.0 Å². The lowest BCUT2D eigenvalue weighted by Crippen LogP contribution is -2.23. The van der Waals surface area contributed by atoms with E-state index in [0.29, 0.717) is 11.3 Å². The molecule has 4 heterocycles. The Morgan fingerprint density at radius 2 is 1.97 bits per heavy atom. The summed E-state index contributed by atoms with van der Waals surface area (Å²) >= 11 is 0. The van der Waals surface area contributed by atoms with E-state index >= 15 is 0 Å².